The molecule has 0 fully saturated rings. The van der Waals surface area contributed by atoms with Crippen LogP contribution in [0.2, 0.25) is 0 Å². The highest BCUT2D eigenvalue weighted by atomic mass is 16.5. The SMILES string of the molecule is COc1ccc(C(=O)CCC(C)N2C(=O)c3ccccc3C2=O)cc1. The minimum Gasteiger partial charge on any atom is -0.497 e. The Morgan fingerprint density at radius 1 is 1.00 bits per heavy atom. The summed E-state index contributed by atoms with van der Waals surface area (Å²) in [6.45, 7) is 1.79. The van der Waals surface area contributed by atoms with Gasteiger partial charge in [0.15, 0.2) is 5.78 Å². The van der Waals surface area contributed by atoms with Crippen molar-refractivity contribution in [3.05, 3.63) is 65.2 Å². The number of hydrogen-bond donors (Lipinski definition) is 0. The van der Waals surface area contributed by atoms with E-state index < -0.39 is 0 Å². The van der Waals surface area contributed by atoms with E-state index in [4.69, 9.17) is 4.74 Å². The van der Waals surface area contributed by atoms with Crippen LogP contribution in [0.25, 0.3) is 0 Å². The number of fused-ring (bicyclic) bond motifs is 1. The number of carbonyl (C=O) groups excluding carboxylic acids is 3. The van der Waals surface area contributed by atoms with Crippen LogP contribution in [0.3, 0.4) is 0 Å². The molecule has 0 bridgehead atoms. The highest BCUT2D eigenvalue weighted by Crippen LogP contribution is 2.26. The Hall–Kier alpha value is -2.95. The Kier molecular flexibility index (Phi) is 4.65. The number of imide groups is 1. The molecule has 2 aromatic rings. The monoisotopic (exact) mass is 337 g/mol. The average molecular weight is 337 g/mol. The number of ether oxygens (including phenoxy) is 1. The predicted molar refractivity (Wildman–Crippen MR) is 93.0 cm³/mol. The second-order valence-electron chi connectivity index (χ2n) is 6.07. The molecule has 25 heavy (non-hydrogen) atoms. The molecule has 0 saturated heterocycles. The van der Waals surface area contributed by atoms with E-state index in [1.807, 2.05) is 0 Å². The normalized spacial score (nSPS) is 14.4. The molecule has 0 radical (unpaired) electrons. The van der Waals surface area contributed by atoms with Gasteiger partial charge in [-0.05, 0) is 49.7 Å². The summed E-state index contributed by atoms with van der Waals surface area (Å²) in [4.78, 5) is 38.5. The number of Topliss-reactive ketones (excluding diaryl/α,β-unsaturated/α-hetero) is 1. The van der Waals surface area contributed by atoms with Crippen LogP contribution in [0, 0.1) is 0 Å². The van der Waals surface area contributed by atoms with Crippen molar-refractivity contribution < 1.29 is 19.1 Å². The molecule has 2 aromatic carbocycles. The first-order chi connectivity index (χ1) is 12.0. The van der Waals surface area contributed by atoms with Crippen LogP contribution in [0.5, 0.6) is 5.75 Å². The zero-order chi connectivity index (χ0) is 18.0. The molecule has 1 unspecified atom stereocenters. The fourth-order valence-electron chi connectivity index (χ4n) is 3.00. The molecular weight excluding hydrogens is 318 g/mol. The van der Waals surface area contributed by atoms with Crippen molar-refractivity contribution in [3.63, 3.8) is 0 Å². The van der Waals surface area contributed by atoms with Gasteiger partial charge in [0, 0.05) is 18.0 Å². The molecule has 128 valence electrons. The molecule has 3 rings (SSSR count). The molecule has 1 aliphatic heterocycles. The van der Waals surface area contributed by atoms with E-state index in [1.165, 1.54) is 4.90 Å². The van der Waals surface area contributed by atoms with E-state index in [9.17, 15) is 14.4 Å². The molecule has 2 amide bonds. The third-order valence-electron chi connectivity index (χ3n) is 4.47. The van der Waals surface area contributed by atoms with Gasteiger partial charge in [0.2, 0.25) is 0 Å². The van der Waals surface area contributed by atoms with Crippen LogP contribution in [0.1, 0.15) is 50.8 Å². The van der Waals surface area contributed by atoms with Gasteiger partial charge in [-0.1, -0.05) is 12.1 Å². The Labute approximate surface area is 146 Å². The maximum Gasteiger partial charge on any atom is 0.261 e. The lowest BCUT2D eigenvalue weighted by molar-refractivity contribution is 0.0583. The second kappa shape index (κ2) is 6.89. The van der Waals surface area contributed by atoms with Crippen molar-refractivity contribution in [1.29, 1.82) is 0 Å². The summed E-state index contributed by atoms with van der Waals surface area (Å²) in [5.74, 6) is 0.0945. The number of hydrogen-bond acceptors (Lipinski definition) is 4. The maximum atomic E-state index is 12.4. The van der Waals surface area contributed by atoms with Gasteiger partial charge in [0.1, 0.15) is 5.75 Å². The van der Waals surface area contributed by atoms with Crippen molar-refractivity contribution in [3.8, 4) is 5.75 Å². The second-order valence-corrected chi connectivity index (χ2v) is 6.07. The lowest BCUT2D eigenvalue weighted by Gasteiger charge is -2.22. The van der Waals surface area contributed by atoms with Crippen LogP contribution >= 0.6 is 0 Å². The molecule has 5 heteroatoms. The van der Waals surface area contributed by atoms with Gasteiger partial charge in [0.05, 0.1) is 18.2 Å². The third kappa shape index (κ3) is 3.18. The molecule has 0 aromatic heterocycles. The van der Waals surface area contributed by atoms with Gasteiger partial charge >= 0.3 is 0 Å². The maximum absolute atomic E-state index is 12.4. The summed E-state index contributed by atoms with van der Waals surface area (Å²) in [5, 5.41) is 0. The highest BCUT2D eigenvalue weighted by Gasteiger charge is 2.37. The first-order valence-electron chi connectivity index (χ1n) is 8.17. The molecule has 1 heterocycles. The Morgan fingerprint density at radius 2 is 1.56 bits per heavy atom. The van der Waals surface area contributed by atoms with Crippen LogP contribution in [0.4, 0.5) is 0 Å². The lowest BCUT2D eigenvalue weighted by atomic mass is 10.0. The summed E-state index contributed by atoms with van der Waals surface area (Å²) in [5.41, 5.74) is 1.46. The Bertz CT molecular complexity index is 791. The molecule has 0 aliphatic carbocycles. The van der Waals surface area contributed by atoms with Crippen molar-refractivity contribution in [1.82, 2.24) is 4.90 Å². The van der Waals surface area contributed by atoms with Crippen molar-refractivity contribution in [2.75, 3.05) is 7.11 Å². The van der Waals surface area contributed by atoms with E-state index >= 15 is 0 Å². The van der Waals surface area contributed by atoms with Crippen LogP contribution in [-0.4, -0.2) is 35.6 Å². The fourth-order valence-corrected chi connectivity index (χ4v) is 3.00. The summed E-state index contributed by atoms with van der Waals surface area (Å²) in [7, 11) is 1.57. The van der Waals surface area contributed by atoms with Gasteiger partial charge in [-0.15, -0.1) is 0 Å². The molecule has 1 atom stereocenters. The Balaban J connectivity index is 1.65. The summed E-state index contributed by atoms with van der Waals surface area (Å²) < 4.78 is 5.08. The summed E-state index contributed by atoms with van der Waals surface area (Å²) in [6, 6.07) is 13.4. The van der Waals surface area contributed by atoms with Gasteiger partial charge in [0.25, 0.3) is 11.8 Å². The third-order valence-corrected chi connectivity index (χ3v) is 4.47. The lowest BCUT2D eigenvalue weighted by Crippen LogP contribution is -2.38. The number of amides is 2. The zero-order valence-electron chi connectivity index (χ0n) is 14.2. The van der Waals surface area contributed by atoms with E-state index in [0.29, 0.717) is 28.9 Å². The summed E-state index contributed by atoms with van der Waals surface area (Å²) >= 11 is 0. The number of methoxy groups -OCH3 is 1. The van der Waals surface area contributed by atoms with Gasteiger partial charge < -0.3 is 4.74 Å². The minimum atomic E-state index is -0.338. The fraction of sp³-hybridized carbons (Fsp3) is 0.250. The van der Waals surface area contributed by atoms with Gasteiger partial charge in [-0.2, -0.15) is 0 Å². The van der Waals surface area contributed by atoms with Crippen molar-refractivity contribution in [2.45, 2.75) is 25.8 Å². The predicted octanol–water partition coefficient (Wildman–Crippen LogP) is 3.34. The van der Waals surface area contributed by atoms with Gasteiger partial charge in [-0.25, -0.2) is 0 Å². The van der Waals surface area contributed by atoms with Crippen molar-refractivity contribution >= 4 is 17.6 Å². The number of nitrogens with zero attached hydrogens (tertiary/aromatic N) is 1. The molecular formula is C20H19NO4. The number of carbonyl (C=O) groups is 3. The molecule has 0 spiro atoms. The summed E-state index contributed by atoms with van der Waals surface area (Å²) in [6.07, 6.45) is 0.692. The first-order valence-corrected chi connectivity index (χ1v) is 8.17. The van der Waals surface area contributed by atoms with Crippen molar-refractivity contribution in [2.24, 2.45) is 0 Å². The zero-order valence-corrected chi connectivity index (χ0v) is 14.2. The standard InChI is InChI=1S/C20H19NO4/c1-13(7-12-18(22)14-8-10-15(25-2)11-9-14)21-19(23)16-5-3-4-6-17(16)20(21)24/h3-6,8-11,13H,7,12H2,1-2H3. The molecule has 5 nitrogen and oxygen atoms in total. The largest absolute Gasteiger partial charge is 0.497 e. The van der Waals surface area contributed by atoms with Crippen LogP contribution < -0.4 is 4.74 Å². The first kappa shape index (κ1) is 16.9. The number of rotatable bonds is 6. The van der Waals surface area contributed by atoms with E-state index in [2.05, 4.69) is 0 Å². The quantitative estimate of drug-likeness (QED) is 0.599. The number of ketones is 1. The molecule has 0 saturated carbocycles. The molecule has 1 aliphatic rings. The topological polar surface area (TPSA) is 63.7 Å². The van der Waals surface area contributed by atoms with E-state index in [0.717, 1.165) is 0 Å². The van der Waals surface area contributed by atoms with E-state index in [1.54, 1.807) is 62.6 Å². The molecule has 0 N–H and O–H groups in total. The van der Waals surface area contributed by atoms with Crippen LogP contribution in [0.15, 0.2) is 48.5 Å². The van der Waals surface area contributed by atoms with Crippen LogP contribution in [-0.2, 0) is 0 Å². The Morgan fingerprint density at radius 3 is 2.08 bits per heavy atom. The number of benzene rings is 2. The average Bonchev–Trinajstić information content (AvgIpc) is 2.90. The highest BCUT2D eigenvalue weighted by molar-refractivity contribution is 6.21. The van der Waals surface area contributed by atoms with E-state index in [-0.39, 0.29) is 30.1 Å². The smallest absolute Gasteiger partial charge is 0.261 e. The minimum absolute atomic E-state index is 0.0221. The van der Waals surface area contributed by atoms with Gasteiger partial charge in [-0.3, -0.25) is 19.3 Å².